The van der Waals surface area contributed by atoms with Crippen LogP contribution in [0.25, 0.3) is 10.8 Å². The van der Waals surface area contributed by atoms with Crippen molar-refractivity contribution in [2.75, 3.05) is 20.3 Å². The highest BCUT2D eigenvalue weighted by Gasteiger charge is 2.39. The van der Waals surface area contributed by atoms with Crippen LogP contribution in [0.3, 0.4) is 0 Å². The van der Waals surface area contributed by atoms with Gasteiger partial charge in [-0.3, -0.25) is 0 Å². The molecule has 2 N–H and O–H groups in total. The first-order valence-electron chi connectivity index (χ1n) is 7.13. The molecule has 0 radical (unpaired) electrons. The Balaban J connectivity index is 2.05. The zero-order valence-electron chi connectivity index (χ0n) is 11.8. The molecular formula is C17H21NO2. The van der Waals surface area contributed by atoms with E-state index in [1.807, 2.05) is 0 Å². The lowest BCUT2D eigenvalue weighted by Gasteiger charge is -2.41. The van der Waals surface area contributed by atoms with Gasteiger partial charge < -0.3 is 15.2 Å². The van der Waals surface area contributed by atoms with Crippen molar-refractivity contribution in [3.05, 3.63) is 48.0 Å². The summed E-state index contributed by atoms with van der Waals surface area (Å²) in [5.74, 6) is 0. The summed E-state index contributed by atoms with van der Waals surface area (Å²) in [6.07, 6.45) is 1.68. The maximum absolute atomic E-state index is 6.60. The first-order chi connectivity index (χ1) is 9.77. The van der Waals surface area contributed by atoms with E-state index in [0.29, 0.717) is 13.2 Å². The molecule has 1 unspecified atom stereocenters. The average Bonchev–Trinajstić information content (AvgIpc) is 2.54. The summed E-state index contributed by atoms with van der Waals surface area (Å²) in [6.45, 7) is 1.43. The highest BCUT2D eigenvalue weighted by atomic mass is 16.5. The minimum atomic E-state index is -0.317. The number of nitrogens with two attached hydrogens (primary N) is 1. The van der Waals surface area contributed by atoms with Crippen LogP contribution in [0.1, 0.15) is 24.4 Å². The Morgan fingerprint density at radius 3 is 2.55 bits per heavy atom. The van der Waals surface area contributed by atoms with Crippen LogP contribution >= 0.6 is 0 Å². The second-order valence-corrected chi connectivity index (χ2v) is 5.43. The fourth-order valence-electron chi connectivity index (χ4n) is 3.16. The molecule has 0 amide bonds. The zero-order valence-corrected chi connectivity index (χ0v) is 11.8. The maximum atomic E-state index is 6.60. The first kappa shape index (κ1) is 13.6. The van der Waals surface area contributed by atoms with Gasteiger partial charge in [0.15, 0.2) is 0 Å². The van der Waals surface area contributed by atoms with E-state index >= 15 is 0 Å². The van der Waals surface area contributed by atoms with Crippen molar-refractivity contribution in [2.24, 2.45) is 5.73 Å². The monoisotopic (exact) mass is 271 g/mol. The van der Waals surface area contributed by atoms with E-state index in [1.54, 1.807) is 7.11 Å². The molecule has 0 bridgehead atoms. The molecule has 3 nitrogen and oxygen atoms in total. The highest BCUT2D eigenvalue weighted by Crippen LogP contribution is 2.38. The van der Waals surface area contributed by atoms with Crippen LogP contribution in [0, 0.1) is 0 Å². The van der Waals surface area contributed by atoms with Gasteiger partial charge in [0.25, 0.3) is 0 Å². The zero-order chi connectivity index (χ0) is 14.0. The number of benzene rings is 2. The topological polar surface area (TPSA) is 44.5 Å². The van der Waals surface area contributed by atoms with E-state index in [0.717, 1.165) is 18.4 Å². The Hall–Kier alpha value is -1.42. The molecule has 2 aromatic rings. The maximum Gasteiger partial charge on any atom is 0.0914 e. The third-order valence-electron chi connectivity index (χ3n) is 4.47. The predicted octanol–water partition coefficient (Wildman–Crippen LogP) is 3.04. The van der Waals surface area contributed by atoms with Gasteiger partial charge in [-0.15, -0.1) is 0 Å². The Kier molecular flexibility index (Phi) is 3.74. The summed E-state index contributed by atoms with van der Waals surface area (Å²) in [7, 11) is 1.76. The van der Waals surface area contributed by atoms with E-state index in [-0.39, 0.29) is 11.6 Å². The Morgan fingerprint density at radius 2 is 1.80 bits per heavy atom. The molecule has 1 fully saturated rings. The summed E-state index contributed by atoms with van der Waals surface area (Å²) < 4.78 is 11.3. The number of ether oxygens (including phenoxy) is 2. The molecule has 106 valence electrons. The van der Waals surface area contributed by atoms with Gasteiger partial charge in [-0.1, -0.05) is 42.5 Å². The van der Waals surface area contributed by atoms with E-state index in [2.05, 4.69) is 42.5 Å². The fourth-order valence-corrected chi connectivity index (χ4v) is 3.16. The van der Waals surface area contributed by atoms with Gasteiger partial charge in [0, 0.05) is 33.2 Å². The lowest BCUT2D eigenvalue weighted by Crippen LogP contribution is -2.47. The van der Waals surface area contributed by atoms with Crippen LogP contribution in [0.4, 0.5) is 0 Å². The molecule has 0 spiro atoms. The van der Waals surface area contributed by atoms with Gasteiger partial charge in [-0.25, -0.2) is 0 Å². The van der Waals surface area contributed by atoms with E-state index in [1.165, 1.54) is 10.8 Å². The Bertz CT molecular complexity index is 585. The van der Waals surface area contributed by atoms with Gasteiger partial charge in [0.1, 0.15) is 0 Å². The van der Waals surface area contributed by atoms with Gasteiger partial charge in [0.2, 0.25) is 0 Å². The van der Waals surface area contributed by atoms with Gasteiger partial charge in [-0.2, -0.15) is 0 Å². The summed E-state index contributed by atoms with van der Waals surface area (Å²) in [6, 6.07) is 14.5. The van der Waals surface area contributed by atoms with E-state index in [4.69, 9.17) is 15.2 Å². The molecule has 0 saturated carbocycles. The third-order valence-corrected chi connectivity index (χ3v) is 4.47. The molecule has 1 aliphatic heterocycles. The molecular weight excluding hydrogens is 250 g/mol. The first-order valence-corrected chi connectivity index (χ1v) is 7.13. The minimum absolute atomic E-state index is 0.137. The highest BCUT2D eigenvalue weighted by molar-refractivity contribution is 5.86. The van der Waals surface area contributed by atoms with Gasteiger partial charge >= 0.3 is 0 Å². The van der Waals surface area contributed by atoms with Crippen LogP contribution in [0.2, 0.25) is 0 Å². The summed E-state index contributed by atoms with van der Waals surface area (Å²) in [5.41, 5.74) is 7.44. The van der Waals surface area contributed by atoms with Crippen LogP contribution in [0.5, 0.6) is 0 Å². The average molecular weight is 271 g/mol. The van der Waals surface area contributed by atoms with E-state index in [9.17, 15) is 0 Å². The normalized spacial score (nSPS) is 19.9. The van der Waals surface area contributed by atoms with Crippen LogP contribution < -0.4 is 5.73 Å². The van der Waals surface area contributed by atoms with Gasteiger partial charge in [0.05, 0.1) is 11.6 Å². The number of rotatable bonds is 3. The number of methoxy groups -OCH3 is 1. The van der Waals surface area contributed by atoms with Crippen LogP contribution in [0.15, 0.2) is 42.5 Å². The second-order valence-electron chi connectivity index (χ2n) is 5.43. The minimum Gasteiger partial charge on any atom is -0.381 e. The van der Waals surface area contributed by atoms with Gasteiger partial charge in [-0.05, 0) is 16.3 Å². The molecule has 1 aliphatic rings. The van der Waals surface area contributed by atoms with Crippen molar-refractivity contribution in [3.63, 3.8) is 0 Å². The van der Waals surface area contributed by atoms with Crippen molar-refractivity contribution in [2.45, 2.75) is 24.5 Å². The van der Waals surface area contributed by atoms with Crippen molar-refractivity contribution < 1.29 is 9.47 Å². The standard InChI is InChI=1S/C17H21NO2/c1-19-17(9-11-20-12-10-17)16(18)15-8-4-6-13-5-2-3-7-14(13)15/h2-8,16H,9-12,18H2,1H3. The predicted molar refractivity (Wildman–Crippen MR) is 80.7 cm³/mol. The molecule has 0 aliphatic carbocycles. The molecule has 3 rings (SSSR count). The van der Waals surface area contributed by atoms with Crippen molar-refractivity contribution in [3.8, 4) is 0 Å². The van der Waals surface area contributed by atoms with Crippen LogP contribution in [-0.2, 0) is 9.47 Å². The molecule has 1 saturated heterocycles. The number of fused-ring (bicyclic) bond motifs is 1. The largest absolute Gasteiger partial charge is 0.381 e. The second kappa shape index (κ2) is 5.52. The SMILES string of the molecule is COC1(C(N)c2cccc3ccccc23)CCOCC1. The molecule has 1 heterocycles. The molecule has 0 aromatic heterocycles. The van der Waals surface area contributed by atoms with Crippen molar-refractivity contribution in [1.29, 1.82) is 0 Å². The molecule has 3 heteroatoms. The quantitative estimate of drug-likeness (QED) is 0.933. The Labute approximate surface area is 119 Å². The smallest absolute Gasteiger partial charge is 0.0914 e. The van der Waals surface area contributed by atoms with Crippen molar-refractivity contribution >= 4 is 10.8 Å². The van der Waals surface area contributed by atoms with E-state index < -0.39 is 0 Å². The summed E-state index contributed by atoms with van der Waals surface area (Å²) >= 11 is 0. The summed E-state index contributed by atoms with van der Waals surface area (Å²) in [5, 5.41) is 2.43. The lowest BCUT2D eigenvalue weighted by molar-refractivity contribution is -0.104. The molecule has 2 aromatic carbocycles. The lowest BCUT2D eigenvalue weighted by atomic mass is 9.81. The number of hydrogen-bond acceptors (Lipinski definition) is 3. The number of hydrogen-bond donors (Lipinski definition) is 1. The Morgan fingerprint density at radius 1 is 1.10 bits per heavy atom. The summed E-state index contributed by atoms with van der Waals surface area (Å²) in [4.78, 5) is 0. The fraction of sp³-hybridized carbons (Fsp3) is 0.412. The third kappa shape index (κ3) is 2.22. The van der Waals surface area contributed by atoms with Crippen molar-refractivity contribution in [1.82, 2.24) is 0 Å². The molecule has 20 heavy (non-hydrogen) atoms. The molecule has 1 atom stereocenters. The van der Waals surface area contributed by atoms with Crippen LogP contribution in [-0.4, -0.2) is 25.9 Å².